The fourth-order valence-corrected chi connectivity index (χ4v) is 4.26. The van der Waals surface area contributed by atoms with E-state index in [1.165, 1.54) is 27.8 Å². The summed E-state index contributed by atoms with van der Waals surface area (Å²) < 4.78 is 0. The van der Waals surface area contributed by atoms with Gasteiger partial charge in [0, 0.05) is 11.4 Å². The topological polar surface area (TPSA) is 58.6 Å². The van der Waals surface area contributed by atoms with Gasteiger partial charge in [-0.25, -0.2) is 0 Å². The number of aromatic hydroxyl groups is 1. The molecule has 0 saturated carbocycles. The predicted molar refractivity (Wildman–Crippen MR) is 138 cm³/mol. The van der Waals surface area contributed by atoms with Crippen LogP contribution in [0.25, 0.3) is 0 Å². The number of hydrogen-bond donors (Lipinski definition) is 2. The Balaban J connectivity index is 2.02. The van der Waals surface area contributed by atoms with Gasteiger partial charge in [-0.2, -0.15) is 0 Å². The molecule has 0 saturated heterocycles. The number of nitrogen functional groups attached to an aromatic ring is 1. The molecule has 0 radical (unpaired) electrons. The van der Waals surface area contributed by atoms with Gasteiger partial charge in [-0.3, -0.25) is 4.99 Å². The average Bonchev–Trinajstić information content (AvgIpc) is 2.71. The lowest BCUT2D eigenvalue weighted by molar-refractivity contribution is 0.475. The van der Waals surface area contributed by atoms with E-state index >= 15 is 0 Å². The van der Waals surface area contributed by atoms with Gasteiger partial charge >= 0.3 is 0 Å². The molecule has 168 valence electrons. The lowest BCUT2D eigenvalue weighted by Gasteiger charge is -2.18. The summed E-state index contributed by atoms with van der Waals surface area (Å²) in [5, 5.41) is 9.83. The van der Waals surface area contributed by atoms with Crippen LogP contribution in [0.15, 0.2) is 53.5 Å². The molecule has 0 aliphatic carbocycles. The van der Waals surface area contributed by atoms with E-state index in [9.17, 15) is 5.11 Å². The number of nitrogens with two attached hydrogens (primary N) is 1. The molecule has 0 aliphatic heterocycles. The van der Waals surface area contributed by atoms with Crippen LogP contribution in [0.1, 0.15) is 85.4 Å². The third kappa shape index (κ3) is 5.21. The van der Waals surface area contributed by atoms with E-state index in [1.54, 1.807) is 12.1 Å². The van der Waals surface area contributed by atoms with Crippen molar-refractivity contribution in [1.82, 2.24) is 0 Å². The highest BCUT2D eigenvalue weighted by Crippen LogP contribution is 2.34. The fraction of sp³-hybridized carbons (Fsp3) is 0.345. The Labute approximate surface area is 193 Å². The molecular formula is C29H36N2O. The van der Waals surface area contributed by atoms with Crippen molar-refractivity contribution in [1.29, 1.82) is 0 Å². The highest BCUT2D eigenvalue weighted by Gasteiger charge is 2.14. The molecule has 0 aliphatic rings. The van der Waals surface area contributed by atoms with Gasteiger partial charge in [-0.05, 0) is 90.1 Å². The standard InChI is InChI=1S/C29H36N2O/c1-17(2)26-14-22(11-19(5)28(26)30)13-23-12-20(6)29(27(15-23)18(3)4)31-21(7)24-9-8-10-25(32)16-24/h8-12,14-18,32H,13,30H2,1-7H3. The summed E-state index contributed by atoms with van der Waals surface area (Å²) in [5.74, 6) is 1.01. The maximum absolute atomic E-state index is 9.83. The van der Waals surface area contributed by atoms with Crippen LogP contribution in [0.2, 0.25) is 0 Å². The Morgan fingerprint density at radius 2 is 1.47 bits per heavy atom. The van der Waals surface area contributed by atoms with Gasteiger partial charge in [-0.1, -0.05) is 64.1 Å². The van der Waals surface area contributed by atoms with Gasteiger partial charge in [0.1, 0.15) is 5.75 Å². The molecule has 0 fully saturated rings. The number of hydrogen-bond acceptors (Lipinski definition) is 3. The van der Waals surface area contributed by atoms with E-state index in [0.717, 1.165) is 34.6 Å². The van der Waals surface area contributed by atoms with Crippen LogP contribution in [0.5, 0.6) is 5.75 Å². The smallest absolute Gasteiger partial charge is 0.116 e. The predicted octanol–water partition coefficient (Wildman–Crippen LogP) is 7.57. The van der Waals surface area contributed by atoms with E-state index < -0.39 is 0 Å². The zero-order valence-electron chi connectivity index (χ0n) is 20.5. The van der Waals surface area contributed by atoms with E-state index in [2.05, 4.69) is 65.8 Å². The molecule has 32 heavy (non-hydrogen) atoms. The second-order valence-electron chi connectivity index (χ2n) is 9.50. The first-order valence-electron chi connectivity index (χ1n) is 11.4. The molecule has 0 amide bonds. The van der Waals surface area contributed by atoms with Crippen molar-refractivity contribution in [2.45, 2.75) is 66.7 Å². The normalized spacial score (nSPS) is 12.1. The van der Waals surface area contributed by atoms with Crippen molar-refractivity contribution in [3.8, 4) is 5.75 Å². The number of phenolic OH excluding ortho intramolecular Hbond substituents is 1. The SMILES string of the molecule is CC(=Nc1c(C)cc(Cc2cc(C)c(N)c(C(C)C)c2)cc1C(C)C)c1cccc(O)c1. The first-order chi connectivity index (χ1) is 15.1. The van der Waals surface area contributed by atoms with Crippen molar-refractivity contribution in [3.05, 3.63) is 87.5 Å². The average molecular weight is 429 g/mol. The van der Waals surface area contributed by atoms with Gasteiger partial charge in [0.05, 0.1) is 5.69 Å². The van der Waals surface area contributed by atoms with Crippen LogP contribution in [0.4, 0.5) is 11.4 Å². The Bertz CT molecular complexity index is 1160. The minimum absolute atomic E-state index is 0.257. The maximum atomic E-state index is 9.83. The van der Waals surface area contributed by atoms with Crippen molar-refractivity contribution in [2.75, 3.05) is 5.73 Å². The number of aryl methyl sites for hydroxylation is 2. The second kappa shape index (κ2) is 9.60. The molecule has 0 unspecified atom stereocenters. The Morgan fingerprint density at radius 3 is 2.06 bits per heavy atom. The molecule has 3 aromatic carbocycles. The molecule has 3 heteroatoms. The summed E-state index contributed by atoms with van der Waals surface area (Å²) in [5.41, 5.74) is 17.5. The lowest BCUT2D eigenvalue weighted by Crippen LogP contribution is -2.03. The Morgan fingerprint density at radius 1 is 0.875 bits per heavy atom. The summed E-state index contributed by atoms with van der Waals surface area (Å²) in [6, 6.07) is 16.3. The maximum Gasteiger partial charge on any atom is 0.116 e. The zero-order valence-corrected chi connectivity index (χ0v) is 20.5. The zero-order chi connectivity index (χ0) is 23.6. The molecular weight excluding hydrogens is 392 g/mol. The van der Waals surface area contributed by atoms with Gasteiger partial charge in [0.15, 0.2) is 0 Å². The summed E-state index contributed by atoms with van der Waals surface area (Å²) in [7, 11) is 0. The van der Waals surface area contributed by atoms with Crippen molar-refractivity contribution in [2.24, 2.45) is 4.99 Å². The minimum atomic E-state index is 0.257. The molecule has 0 bridgehead atoms. The third-order valence-electron chi connectivity index (χ3n) is 6.06. The minimum Gasteiger partial charge on any atom is -0.508 e. The number of benzene rings is 3. The van der Waals surface area contributed by atoms with E-state index in [-0.39, 0.29) is 5.75 Å². The molecule has 3 N–H and O–H groups in total. The number of aliphatic imine (C=N–C) groups is 1. The summed E-state index contributed by atoms with van der Waals surface area (Å²) in [4.78, 5) is 4.99. The summed E-state index contributed by atoms with van der Waals surface area (Å²) >= 11 is 0. The first-order valence-corrected chi connectivity index (χ1v) is 11.4. The molecule has 0 heterocycles. The first kappa shape index (κ1) is 23.6. The molecule has 0 spiro atoms. The number of phenols is 1. The van der Waals surface area contributed by atoms with Gasteiger partial charge in [0.25, 0.3) is 0 Å². The third-order valence-corrected chi connectivity index (χ3v) is 6.06. The van der Waals surface area contributed by atoms with E-state index in [0.29, 0.717) is 11.8 Å². The molecule has 0 aromatic heterocycles. The largest absolute Gasteiger partial charge is 0.508 e. The highest BCUT2D eigenvalue weighted by atomic mass is 16.3. The fourth-order valence-electron chi connectivity index (χ4n) is 4.26. The highest BCUT2D eigenvalue weighted by molar-refractivity contribution is 6.00. The monoisotopic (exact) mass is 428 g/mol. The van der Waals surface area contributed by atoms with E-state index in [4.69, 9.17) is 10.7 Å². The van der Waals surface area contributed by atoms with Crippen LogP contribution in [0, 0.1) is 13.8 Å². The van der Waals surface area contributed by atoms with Crippen molar-refractivity contribution >= 4 is 17.1 Å². The summed E-state index contributed by atoms with van der Waals surface area (Å²) in [6.07, 6.45) is 0.872. The Kier molecular flexibility index (Phi) is 7.08. The van der Waals surface area contributed by atoms with Crippen molar-refractivity contribution in [3.63, 3.8) is 0 Å². The van der Waals surface area contributed by atoms with Crippen LogP contribution in [0.3, 0.4) is 0 Å². The number of rotatable bonds is 6. The molecule has 0 atom stereocenters. The van der Waals surface area contributed by atoms with Gasteiger partial charge < -0.3 is 10.8 Å². The van der Waals surface area contributed by atoms with E-state index in [1.807, 2.05) is 19.1 Å². The molecule has 3 rings (SSSR count). The van der Waals surface area contributed by atoms with Gasteiger partial charge in [0.2, 0.25) is 0 Å². The number of nitrogens with zero attached hydrogens (tertiary/aromatic N) is 1. The second-order valence-corrected chi connectivity index (χ2v) is 9.50. The lowest BCUT2D eigenvalue weighted by atomic mass is 9.90. The summed E-state index contributed by atoms with van der Waals surface area (Å²) in [6.45, 7) is 15.0. The molecule has 3 aromatic rings. The molecule has 3 nitrogen and oxygen atoms in total. The van der Waals surface area contributed by atoms with Crippen LogP contribution >= 0.6 is 0 Å². The van der Waals surface area contributed by atoms with Crippen LogP contribution in [-0.2, 0) is 6.42 Å². The number of anilines is 1. The Hall–Kier alpha value is -3.07. The van der Waals surface area contributed by atoms with Crippen LogP contribution in [-0.4, -0.2) is 10.8 Å². The van der Waals surface area contributed by atoms with Crippen molar-refractivity contribution < 1.29 is 5.11 Å². The van der Waals surface area contributed by atoms with Gasteiger partial charge in [-0.15, -0.1) is 0 Å². The van der Waals surface area contributed by atoms with Crippen LogP contribution < -0.4 is 5.73 Å². The quantitative estimate of drug-likeness (QED) is 0.314.